The molecule has 1 heterocycles. The summed E-state index contributed by atoms with van der Waals surface area (Å²) in [7, 11) is 0. The molecule has 0 aliphatic carbocycles. The summed E-state index contributed by atoms with van der Waals surface area (Å²) in [5.41, 5.74) is 0.693. The highest BCUT2D eigenvalue weighted by Crippen LogP contribution is 2.23. The van der Waals surface area contributed by atoms with Gasteiger partial charge in [-0.25, -0.2) is 0 Å². The number of benzene rings is 1. The molecule has 1 fully saturated rings. The number of carbonyl (C=O) groups is 1. The van der Waals surface area contributed by atoms with E-state index < -0.39 is 0 Å². The fraction of sp³-hybridized carbons (Fsp3) is 0.462. The van der Waals surface area contributed by atoms with Crippen molar-refractivity contribution in [2.45, 2.75) is 12.8 Å². The third kappa shape index (κ3) is 3.31. The van der Waals surface area contributed by atoms with Crippen molar-refractivity contribution in [1.29, 1.82) is 0 Å². The van der Waals surface area contributed by atoms with Gasteiger partial charge in [-0.05, 0) is 59.5 Å². The van der Waals surface area contributed by atoms with Gasteiger partial charge in [-0.15, -0.1) is 11.6 Å². The zero-order valence-corrected chi connectivity index (χ0v) is 13.5. The van der Waals surface area contributed by atoms with E-state index >= 15 is 0 Å². The quantitative estimate of drug-likeness (QED) is 0.544. The van der Waals surface area contributed by atoms with Crippen molar-refractivity contribution in [3.8, 4) is 0 Å². The number of hydrogen-bond donors (Lipinski definition) is 0. The topological polar surface area (TPSA) is 20.3 Å². The Balaban J connectivity index is 2.17. The SMILES string of the molecule is O=C(c1cc(Cl)ccc1I)N1CCCC(CCl)C1. The van der Waals surface area contributed by atoms with E-state index in [9.17, 15) is 4.79 Å². The van der Waals surface area contributed by atoms with E-state index in [4.69, 9.17) is 23.2 Å². The van der Waals surface area contributed by atoms with Crippen LogP contribution in [0.5, 0.6) is 0 Å². The summed E-state index contributed by atoms with van der Waals surface area (Å²) < 4.78 is 0.940. The van der Waals surface area contributed by atoms with E-state index in [1.807, 2.05) is 11.0 Å². The predicted molar refractivity (Wildman–Crippen MR) is 83.5 cm³/mol. The zero-order valence-electron chi connectivity index (χ0n) is 9.83. The molecule has 1 aliphatic rings. The van der Waals surface area contributed by atoms with Gasteiger partial charge in [0.2, 0.25) is 0 Å². The Morgan fingerprint density at radius 2 is 2.28 bits per heavy atom. The van der Waals surface area contributed by atoms with Gasteiger partial charge < -0.3 is 4.90 Å². The largest absolute Gasteiger partial charge is 0.338 e. The van der Waals surface area contributed by atoms with Crippen molar-refractivity contribution < 1.29 is 4.79 Å². The van der Waals surface area contributed by atoms with Crippen molar-refractivity contribution in [2.75, 3.05) is 19.0 Å². The maximum atomic E-state index is 12.5. The maximum absolute atomic E-state index is 12.5. The summed E-state index contributed by atoms with van der Waals surface area (Å²) >= 11 is 14.0. The van der Waals surface area contributed by atoms with Crippen molar-refractivity contribution in [2.24, 2.45) is 5.92 Å². The van der Waals surface area contributed by atoms with Gasteiger partial charge in [0.15, 0.2) is 0 Å². The number of piperidine rings is 1. The van der Waals surface area contributed by atoms with Crippen LogP contribution in [0.3, 0.4) is 0 Å². The van der Waals surface area contributed by atoms with Crippen molar-refractivity contribution in [3.05, 3.63) is 32.4 Å². The molecule has 18 heavy (non-hydrogen) atoms. The molecule has 0 bridgehead atoms. The minimum Gasteiger partial charge on any atom is -0.338 e. The molecule has 1 atom stereocenters. The number of amides is 1. The predicted octanol–water partition coefficient (Wildman–Crippen LogP) is 4.04. The van der Waals surface area contributed by atoms with Gasteiger partial charge in [-0.3, -0.25) is 4.79 Å². The lowest BCUT2D eigenvalue weighted by molar-refractivity contribution is 0.0684. The standard InChI is InChI=1S/C13H14Cl2INO/c14-7-9-2-1-5-17(8-9)13(18)11-6-10(15)3-4-12(11)16/h3-4,6,9H,1-2,5,7-8H2. The molecule has 0 saturated carbocycles. The van der Waals surface area contributed by atoms with Crippen LogP contribution in [0.4, 0.5) is 0 Å². The molecule has 0 spiro atoms. The molecule has 1 aliphatic heterocycles. The van der Waals surface area contributed by atoms with Crippen molar-refractivity contribution >= 4 is 51.7 Å². The number of rotatable bonds is 2. The zero-order chi connectivity index (χ0) is 13.1. The van der Waals surface area contributed by atoms with E-state index in [2.05, 4.69) is 22.6 Å². The molecule has 2 rings (SSSR count). The normalized spacial score (nSPS) is 19.9. The monoisotopic (exact) mass is 397 g/mol. The van der Waals surface area contributed by atoms with Crippen LogP contribution in [-0.2, 0) is 0 Å². The molecule has 1 saturated heterocycles. The van der Waals surface area contributed by atoms with Gasteiger partial charge in [-0.2, -0.15) is 0 Å². The van der Waals surface area contributed by atoms with Crippen molar-refractivity contribution in [1.82, 2.24) is 4.90 Å². The number of nitrogens with zero attached hydrogens (tertiary/aromatic N) is 1. The van der Waals surface area contributed by atoms with Crippen LogP contribution in [0.15, 0.2) is 18.2 Å². The molecule has 1 amide bonds. The third-order valence-corrected chi connectivity index (χ3v) is 4.80. The van der Waals surface area contributed by atoms with Crippen LogP contribution >= 0.6 is 45.8 Å². The smallest absolute Gasteiger partial charge is 0.254 e. The summed E-state index contributed by atoms with van der Waals surface area (Å²) in [4.78, 5) is 14.3. The highest BCUT2D eigenvalue weighted by molar-refractivity contribution is 14.1. The number of carbonyl (C=O) groups excluding carboxylic acids is 1. The van der Waals surface area contributed by atoms with Gasteiger partial charge in [-0.1, -0.05) is 11.6 Å². The second-order valence-electron chi connectivity index (χ2n) is 4.54. The summed E-state index contributed by atoms with van der Waals surface area (Å²) in [6.07, 6.45) is 2.14. The Morgan fingerprint density at radius 3 is 3.00 bits per heavy atom. The molecule has 98 valence electrons. The summed E-state index contributed by atoms with van der Waals surface area (Å²) in [5, 5.41) is 0.602. The minimum absolute atomic E-state index is 0.0664. The van der Waals surface area contributed by atoms with E-state index in [0.717, 1.165) is 29.5 Å². The lowest BCUT2D eigenvalue weighted by Gasteiger charge is -2.32. The fourth-order valence-corrected chi connectivity index (χ4v) is 3.20. The number of hydrogen-bond acceptors (Lipinski definition) is 1. The van der Waals surface area contributed by atoms with Crippen molar-refractivity contribution in [3.63, 3.8) is 0 Å². The minimum atomic E-state index is 0.0664. The molecular formula is C13H14Cl2INO. The first-order chi connectivity index (χ1) is 8.61. The highest BCUT2D eigenvalue weighted by Gasteiger charge is 2.25. The summed E-state index contributed by atoms with van der Waals surface area (Å²) in [5.74, 6) is 1.11. The van der Waals surface area contributed by atoms with E-state index in [0.29, 0.717) is 22.4 Å². The first-order valence-corrected chi connectivity index (χ1v) is 7.91. The van der Waals surface area contributed by atoms with Gasteiger partial charge in [0.05, 0.1) is 5.56 Å². The van der Waals surface area contributed by atoms with E-state index in [1.165, 1.54) is 0 Å². The molecule has 0 N–H and O–H groups in total. The molecule has 5 heteroatoms. The van der Waals surface area contributed by atoms with E-state index in [-0.39, 0.29) is 5.91 Å². The Labute approximate surface area is 131 Å². The Kier molecular flexibility index (Phi) is 5.15. The lowest BCUT2D eigenvalue weighted by Crippen LogP contribution is -2.40. The first kappa shape index (κ1) is 14.4. The Morgan fingerprint density at radius 1 is 1.50 bits per heavy atom. The van der Waals surface area contributed by atoms with Crippen LogP contribution in [-0.4, -0.2) is 29.8 Å². The Hall–Kier alpha value is -0.000000000000000111. The molecular weight excluding hydrogens is 384 g/mol. The molecule has 1 aromatic carbocycles. The lowest BCUT2D eigenvalue weighted by atomic mass is 9.99. The second-order valence-corrected chi connectivity index (χ2v) is 6.45. The molecule has 1 unspecified atom stereocenters. The Bertz CT molecular complexity index is 453. The van der Waals surface area contributed by atoms with Crippen LogP contribution in [0, 0.1) is 9.49 Å². The summed E-state index contributed by atoms with van der Waals surface area (Å²) in [6, 6.07) is 5.42. The number of halogens is 3. The van der Waals surface area contributed by atoms with Crippen LogP contribution < -0.4 is 0 Å². The van der Waals surface area contributed by atoms with E-state index in [1.54, 1.807) is 12.1 Å². The van der Waals surface area contributed by atoms with Crippen LogP contribution in [0.1, 0.15) is 23.2 Å². The van der Waals surface area contributed by atoms with Gasteiger partial charge in [0.1, 0.15) is 0 Å². The third-order valence-electron chi connectivity index (χ3n) is 3.18. The second kappa shape index (κ2) is 6.44. The van der Waals surface area contributed by atoms with Gasteiger partial charge in [0, 0.05) is 27.6 Å². The van der Waals surface area contributed by atoms with Crippen LogP contribution in [0.2, 0.25) is 5.02 Å². The maximum Gasteiger partial charge on any atom is 0.254 e. The van der Waals surface area contributed by atoms with Gasteiger partial charge >= 0.3 is 0 Å². The number of alkyl halides is 1. The molecule has 2 nitrogen and oxygen atoms in total. The molecule has 0 aromatic heterocycles. The molecule has 1 aromatic rings. The molecule has 0 radical (unpaired) electrons. The first-order valence-electron chi connectivity index (χ1n) is 5.92. The average Bonchev–Trinajstić information content (AvgIpc) is 2.41. The van der Waals surface area contributed by atoms with Gasteiger partial charge in [0.25, 0.3) is 5.91 Å². The fourth-order valence-electron chi connectivity index (χ4n) is 2.21. The number of likely N-dealkylation sites (tertiary alicyclic amines) is 1. The highest BCUT2D eigenvalue weighted by atomic mass is 127. The average molecular weight is 398 g/mol. The summed E-state index contributed by atoms with van der Waals surface area (Å²) in [6.45, 7) is 1.57. The van der Waals surface area contributed by atoms with Crippen LogP contribution in [0.25, 0.3) is 0 Å².